The third-order valence-electron chi connectivity index (χ3n) is 3.31. The number of aryl methyl sites for hydroxylation is 1. The van der Waals surface area contributed by atoms with Gasteiger partial charge >= 0.3 is 0 Å². The van der Waals surface area contributed by atoms with Crippen LogP contribution in [0.4, 0.5) is 0 Å². The Morgan fingerprint density at radius 1 is 1.35 bits per heavy atom. The van der Waals surface area contributed by atoms with Crippen LogP contribution < -0.4 is 10.5 Å². The average Bonchev–Trinajstić information content (AvgIpc) is 2.86. The molecular weight excluding hydrogens is 294 g/mol. The summed E-state index contributed by atoms with van der Waals surface area (Å²) in [5.41, 5.74) is 7.91. The Morgan fingerprint density at radius 3 is 2.65 bits per heavy atom. The quantitative estimate of drug-likeness (QED) is 0.888. The minimum Gasteiger partial charge on any atom is -0.496 e. The molecule has 0 bridgehead atoms. The van der Waals surface area contributed by atoms with Gasteiger partial charge in [-0.3, -0.25) is 0 Å². The predicted octanol–water partition coefficient (Wildman–Crippen LogP) is 3.49. The van der Waals surface area contributed by atoms with Gasteiger partial charge in [-0.1, -0.05) is 29.3 Å². The molecule has 2 unspecified atom stereocenters. The summed E-state index contributed by atoms with van der Waals surface area (Å²) in [6, 6.07) is 9.51. The van der Waals surface area contributed by atoms with Gasteiger partial charge in [0.25, 0.3) is 0 Å². The first-order valence-electron chi connectivity index (χ1n) is 6.34. The number of aliphatic hydroxyl groups excluding tert-OH is 1. The smallest absolute Gasteiger partial charge is 0.122 e. The van der Waals surface area contributed by atoms with Gasteiger partial charge in [-0.2, -0.15) is 0 Å². The Kier molecular flexibility index (Phi) is 5.05. The van der Waals surface area contributed by atoms with Gasteiger partial charge in [-0.05, 0) is 25.1 Å². The zero-order valence-electron chi connectivity index (χ0n) is 11.5. The monoisotopic (exact) mass is 311 g/mol. The van der Waals surface area contributed by atoms with Gasteiger partial charge < -0.3 is 15.6 Å². The largest absolute Gasteiger partial charge is 0.496 e. The Balaban J connectivity index is 2.39. The molecule has 20 heavy (non-hydrogen) atoms. The zero-order valence-corrected chi connectivity index (χ0v) is 13.0. The summed E-state index contributed by atoms with van der Waals surface area (Å²) in [4.78, 5) is 0.814. The SMILES string of the molecule is COc1ccc(C)cc1C(CN)C(O)c1ccc(Cl)s1. The van der Waals surface area contributed by atoms with Crippen LogP contribution in [0.3, 0.4) is 0 Å². The lowest BCUT2D eigenvalue weighted by molar-refractivity contribution is 0.149. The standard InChI is InChI=1S/C15H18ClNO2S/c1-9-3-4-12(19-2)10(7-9)11(8-17)15(18)13-5-6-14(16)20-13/h3-7,11,15,18H,8,17H2,1-2H3. The first-order chi connectivity index (χ1) is 9.56. The highest BCUT2D eigenvalue weighted by Crippen LogP contribution is 2.39. The highest BCUT2D eigenvalue weighted by molar-refractivity contribution is 7.16. The van der Waals surface area contributed by atoms with Crippen LogP contribution in [0.25, 0.3) is 0 Å². The highest BCUT2D eigenvalue weighted by atomic mass is 35.5. The first kappa shape index (κ1) is 15.3. The number of nitrogens with two attached hydrogens (primary N) is 1. The molecule has 1 aromatic heterocycles. The number of rotatable bonds is 5. The molecule has 2 aromatic rings. The summed E-state index contributed by atoms with van der Waals surface area (Å²) in [6.45, 7) is 2.33. The van der Waals surface area contributed by atoms with Crippen LogP contribution in [0, 0.1) is 6.92 Å². The van der Waals surface area contributed by atoms with Crippen LogP contribution in [0.5, 0.6) is 5.75 Å². The number of aliphatic hydroxyl groups is 1. The van der Waals surface area contributed by atoms with Crippen LogP contribution in [0.15, 0.2) is 30.3 Å². The summed E-state index contributed by atoms with van der Waals surface area (Å²) < 4.78 is 6.04. The van der Waals surface area contributed by atoms with E-state index in [2.05, 4.69) is 0 Å². The van der Waals surface area contributed by atoms with Crippen molar-refractivity contribution in [3.8, 4) is 5.75 Å². The molecule has 3 nitrogen and oxygen atoms in total. The maximum absolute atomic E-state index is 10.6. The number of benzene rings is 1. The molecule has 2 atom stereocenters. The van der Waals surface area contributed by atoms with E-state index in [9.17, 15) is 5.11 Å². The fraction of sp³-hybridized carbons (Fsp3) is 0.333. The second kappa shape index (κ2) is 6.59. The van der Waals surface area contributed by atoms with Crippen molar-refractivity contribution in [3.05, 3.63) is 50.7 Å². The molecular formula is C15H18ClNO2S. The molecule has 0 saturated carbocycles. The second-order valence-electron chi connectivity index (χ2n) is 4.67. The maximum Gasteiger partial charge on any atom is 0.122 e. The summed E-state index contributed by atoms with van der Waals surface area (Å²) in [5, 5.41) is 10.6. The normalized spacial score (nSPS) is 14.1. The minimum absolute atomic E-state index is 0.223. The minimum atomic E-state index is -0.687. The Morgan fingerprint density at radius 2 is 2.10 bits per heavy atom. The molecule has 5 heteroatoms. The molecule has 2 rings (SSSR count). The summed E-state index contributed by atoms with van der Waals surface area (Å²) in [6.07, 6.45) is -0.687. The maximum atomic E-state index is 10.6. The molecule has 0 aliphatic rings. The van der Waals surface area contributed by atoms with E-state index < -0.39 is 6.10 Å². The van der Waals surface area contributed by atoms with E-state index in [0.717, 1.165) is 21.8 Å². The molecule has 0 radical (unpaired) electrons. The molecule has 0 amide bonds. The van der Waals surface area contributed by atoms with Crippen molar-refractivity contribution in [3.63, 3.8) is 0 Å². The van der Waals surface area contributed by atoms with Gasteiger partial charge in [-0.25, -0.2) is 0 Å². The van der Waals surface area contributed by atoms with Gasteiger partial charge in [0.05, 0.1) is 17.6 Å². The first-order valence-corrected chi connectivity index (χ1v) is 7.54. The van der Waals surface area contributed by atoms with E-state index in [0.29, 0.717) is 10.9 Å². The van der Waals surface area contributed by atoms with E-state index >= 15 is 0 Å². The molecule has 108 valence electrons. The molecule has 0 saturated heterocycles. The number of methoxy groups -OCH3 is 1. The van der Waals surface area contributed by atoms with Crippen LogP contribution in [0.2, 0.25) is 4.34 Å². The molecule has 3 N–H and O–H groups in total. The molecule has 0 spiro atoms. The van der Waals surface area contributed by atoms with E-state index in [1.165, 1.54) is 11.3 Å². The number of ether oxygens (including phenoxy) is 1. The van der Waals surface area contributed by atoms with Gasteiger partial charge in [0.2, 0.25) is 0 Å². The predicted molar refractivity (Wildman–Crippen MR) is 83.8 cm³/mol. The summed E-state index contributed by atoms with van der Waals surface area (Å²) >= 11 is 7.30. The fourth-order valence-electron chi connectivity index (χ4n) is 2.26. The van der Waals surface area contributed by atoms with E-state index in [4.69, 9.17) is 22.1 Å². The number of thiophene rings is 1. The van der Waals surface area contributed by atoms with Crippen molar-refractivity contribution in [1.29, 1.82) is 0 Å². The Bertz CT molecular complexity index is 585. The van der Waals surface area contributed by atoms with Gasteiger partial charge in [0.1, 0.15) is 5.75 Å². The number of hydrogen-bond acceptors (Lipinski definition) is 4. The zero-order chi connectivity index (χ0) is 14.7. The Labute approximate surface area is 128 Å². The van der Waals surface area contributed by atoms with Gasteiger partial charge in [-0.15, -0.1) is 11.3 Å². The molecule has 1 heterocycles. The van der Waals surface area contributed by atoms with E-state index in [1.807, 2.05) is 31.2 Å². The Hall–Kier alpha value is -1.07. The van der Waals surface area contributed by atoms with Crippen molar-refractivity contribution in [1.82, 2.24) is 0 Å². The van der Waals surface area contributed by atoms with E-state index in [1.54, 1.807) is 13.2 Å². The lowest BCUT2D eigenvalue weighted by Gasteiger charge is -2.23. The number of hydrogen-bond donors (Lipinski definition) is 2. The van der Waals surface area contributed by atoms with Crippen molar-refractivity contribution in [2.75, 3.05) is 13.7 Å². The van der Waals surface area contributed by atoms with Crippen molar-refractivity contribution >= 4 is 22.9 Å². The molecule has 0 fully saturated rings. The molecule has 0 aliphatic heterocycles. The van der Waals surface area contributed by atoms with Crippen molar-refractivity contribution < 1.29 is 9.84 Å². The second-order valence-corrected chi connectivity index (χ2v) is 6.42. The molecule has 1 aromatic carbocycles. The lowest BCUT2D eigenvalue weighted by Crippen LogP contribution is -2.20. The van der Waals surface area contributed by atoms with E-state index in [-0.39, 0.29) is 5.92 Å². The van der Waals surface area contributed by atoms with Crippen LogP contribution in [-0.2, 0) is 0 Å². The van der Waals surface area contributed by atoms with Crippen molar-refractivity contribution in [2.45, 2.75) is 18.9 Å². The average molecular weight is 312 g/mol. The summed E-state index contributed by atoms with van der Waals surface area (Å²) in [7, 11) is 1.62. The van der Waals surface area contributed by atoms with Crippen LogP contribution in [0.1, 0.15) is 28.0 Å². The van der Waals surface area contributed by atoms with Crippen molar-refractivity contribution in [2.24, 2.45) is 5.73 Å². The summed E-state index contributed by atoms with van der Waals surface area (Å²) in [5.74, 6) is 0.521. The topological polar surface area (TPSA) is 55.5 Å². The third-order valence-corrected chi connectivity index (χ3v) is 4.61. The van der Waals surface area contributed by atoms with Gasteiger partial charge in [0, 0.05) is 22.9 Å². The lowest BCUT2D eigenvalue weighted by atomic mass is 9.90. The fourth-order valence-corrected chi connectivity index (χ4v) is 3.37. The highest BCUT2D eigenvalue weighted by Gasteiger charge is 2.25. The number of halogens is 1. The van der Waals surface area contributed by atoms with Gasteiger partial charge in [0.15, 0.2) is 0 Å². The van der Waals surface area contributed by atoms with Crippen LogP contribution in [-0.4, -0.2) is 18.8 Å². The third kappa shape index (κ3) is 3.15. The van der Waals surface area contributed by atoms with Crippen LogP contribution >= 0.6 is 22.9 Å². The molecule has 0 aliphatic carbocycles.